The van der Waals surface area contributed by atoms with Gasteiger partial charge in [-0.1, -0.05) is 19.8 Å². The predicted octanol–water partition coefficient (Wildman–Crippen LogP) is 1.24. The zero-order valence-corrected chi connectivity index (χ0v) is 11.4. The van der Waals surface area contributed by atoms with Crippen LogP contribution >= 0.6 is 0 Å². The second kappa shape index (κ2) is 5.67. The molecule has 1 saturated heterocycles. The fraction of sp³-hybridized carbons (Fsp3) is 1.00. The summed E-state index contributed by atoms with van der Waals surface area (Å²) >= 11 is 0. The van der Waals surface area contributed by atoms with Crippen molar-refractivity contribution in [3.05, 3.63) is 0 Å². The molecule has 0 bridgehead atoms. The first-order valence-corrected chi connectivity index (χ1v) is 8.44. The van der Waals surface area contributed by atoms with Crippen LogP contribution in [0, 0.1) is 5.92 Å². The Balaban J connectivity index is 1.83. The van der Waals surface area contributed by atoms with Gasteiger partial charge in [0, 0.05) is 12.1 Å². The molecule has 2 N–H and O–H groups in total. The molecule has 1 aliphatic carbocycles. The Bertz CT molecular complexity index is 336. The molecular weight excluding hydrogens is 236 g/mol. The Hall–Kier alpha value is -0.130. The number of hydrogen-bond acceptors (Lipinski definition) is 3. The summed E-state index contributed by atoms with van der Waals surface area (Å²) < 4.78 is 26.9. The van der Waals surface area contributed by atoms with Gasteiger partial charge >= 0.3 is 0 Å². The maximum Gasteiger partial charge on any atom is 0.213 e. The van der Waals surface area contributed by atoms with Gasteiger partial charge in [0.15, 0.2) is 0 Å². The van der Waals surface area contributed by atoms with Crippen LogP contribution in [0.5, 0.6) is 0 Å². The summed E-state index contributed by atoms with van der Waals surface area (Å²) in [5.41, 5.74) is 0. The molecule has 0 aromatic rings. The molecule has 0 aromatic heterocycles. The van der Waals surface area contributed by atoms with Gasteiger partial charge in [0.2, 0.25) is 10.0 Å². The molecule has 0 spiro atoms. The van der Waals surface area contributed by atoms with Gasteiger partial charge < -0.3 is 5.32 Å². The minimum atomic E-state index is -3.10. The van der Waals surface area contributed by atoms with E-state index in [0.29, 0.717) is 5.92 Å². The summed E-state index contributed by atoms with van der Waals surface area (Å²) in [5.74, 6) is 0.902. The molecule has 1 heterocycles. The molecule has 3 atom stereocenters. The summed E-state index contributed by atoms with van der Waals surface area (Å²) in [4.78, 5) is 0. The Morgan fingerprint density at radius 3 is 2.71 bits per heavy atom. The third-order valence-electron chi connectivity index (χ3n) is 3.87. The molecule has 2 aliphatic rings. The number of sulfonamides is 1. The lowest BCUT2D eigenvalue weighted by molar-refractivity contribution is 0.327. The normalized spacial score (nSPS) is 35.0. The van der Waals surface area contributed by atoms with Crippen molar-refractivity contribution in [2.75, 3.05) is 12.3 Å². The lowest BCUT2D eigenvalue weighted by Gasteiger charge is -2.27. The van der Waals surface area contributed by atoms with Gasteiger partial charge in [-0.3, -0.25) is 0 Å². The summed E-state index contributed by atoms with van der Waals surface area (Å²) in [6.45, 7) is 3.17. The van der Waals surface area contributed by atoms with Crippen LogP contribution in [-0.4, -0.2) is 32.8 Å². The summed E-state index contributed by atoms with van der Waals surface area (Å²) in [6, 6.07) is 0.332. The number of hydrogen-bond donors (Lipinski definition) is 2. The number of nitrogens with one attached hydrogen (secondary N) is 2. The molecule has 5 heteroatoms. The second-order valence-corrected chi connectivity index (χ2v) is 7.46. The first kappa shape index (κ1) is 13.3. The monoisotopic (exact) mass is 260 g/mol. The van der Waals surface area contributed by atoms with Crippen molar-refractivity contribution in [3.63, 3.8) is 0 Å². The quantitative estimate of drug-likeness (QED) is 0.799. The van der Waals surface area contributed by atoms with Crippen LogP contribution in [0.2, 0.25) is 0 Å². The Morgan fingerprint density at radius 1 is 1.24 bits per heavy atom. The molecule has 17 heavy (non-hydrogen) atoms. The highest BCUT2D eigenvalue weighted by molar-refractivity contribution is 7.89. The molecule has 2 rings (SSSR count). The van der Waals surface area contributed by atoms with Gasteiger partial charge in [-0.05, 0) is 38.1 Å². The van der Waals surface area contributed by atoms with Gasteiger partial charge in [0.05, 0.1) is 5.75 Å². The first-order valence-electron chi connectivity index (χ1n) is 6.78. The highest BCUT2D eigenvalue weighted by atomic mass is 32.2. The van der Waals surface area contributed by atoms with E-state index in [-0.39, 0.29) is 17.8 Å². The summed E-state index contributed by atoms with van der Waals surface area (Å²) in [6.07, 6.45) is 6.47. The minimum absolute atomic E-state index is 0.161. The minimum Gasteiger partial charge on any atom is -0.313 e. The lowest BCUT2D eigenvalue weighted by atomic mass is 9.88. The molecule has 100 valence electrons. The second-order valence-electron chi connectivity index (χ2n) is 5.66. The Morgan fingerprint density at radius 2 is 2.06 bits per heavy atom. The molecular formula is C12H24N2O2S. The topological polar surface area (TPSA) is 58.2 Å². The summed E-state index contributed by atoms with van der Waals surface area (Å²) in [7, 11) is -3.10. The van der Waals surface area contributed by atoms with Gasteiger partial charge in [0.25, 0.3) is 0 Å². The molecule has 0 aromatic carbocycles. The zero-order valence-electron chi connectivity index (χ0n) is 10.6. The van der Waals surface area contributed by atoms with E-state index in [4.69, 9.17) is 0 Å². The average molecular weight is 260 g/mol. The Labute approximate surface area is 105 Å². The van der Waals surface area contributed by atoms with E-state index in [2.05, 4.69) is 17.0 Å². The van der Waals surface area contributed by atoms with E-state index in [1.54, 1.807) is 0 Å². The third kappa shape index (κ3) is 4.23. The van der Waals surface area contributed by atoms with Gasteiger partial charge in [-0.2, -0.15) is 0 Å². The SMILES string of the molecule is CC1CCCC(NS(=O)(=O)CC2CCCN2)C1. The van der Waals surface area contributed by atoms with Crippen LogP contribution in [0.3, 0.4) is 0 Å². The van der Waals surface area contributed by atoms with Crippen molar-refractivity contribution in [2.24, 2.45) is 5.92 Å². The van der Waals surface area contributed by atoms with Gasteiger partial charge in [-0.25, -0.2) is 13.1 Å². The third-order valence-corrected chi connectivity index (χ3v) is 5.40. The number of rotatable bonds is 4. The van der Waals surface area contributed by atoms with Crippen molar-refractivity contribution in [1.82, 2.24) is 10.0 Å². The van der Waals surface area contributed by atoms with Gasteiger partial charge in [-0.15, -0.1) is 0 Å². The summed E-state index contributed by atoms with van der Waals surface area (Å²) in [5, 5.41) is 3.24. The molecule has 2 fully saturated rings. The van der Waals surface area contributed by atoms with Crippen LogP contribution < -0.4 is 10.0 Å². The average Bonchev–Trinajstić information content (AvgIpc) is 2.68. The highest BCUT2D eigenvalue weighted by Gasteiger charge is 2.26. The van der Waals surface area contributed by atoms with Crippen molar-refractivity contribution in [1.29, 1.82) is 0 Å². The maximum absolute atomic E-state index is 12.0. The van der Waals surface area contributed by atoms with E-state index >= 15 is 0 Å². The molecule has 0 amide bonds. The van der Waals surface area contributed by atoms with Crippen LogP contribution in [-0.2, 0) is 10.0 Å². The largest absolute Gasteiger partial charge is 0.313 e. The van der Waals surface area contributed by atoms with E-state index < -0.39 is 10.0 Å². The van der Waals surface area contributed by atoms with Gasteiger partial charge in [0.1, 0.15) is 0 Å². The van der Waals surface area contributed by atoms with Crippen molar-refractivity contribution >= 4 is 10.0 Å². The van der Waals surface area contributed by atoms with E-state index in [0.717, 1.165) is 38.6 Å². The van der Waals surface area contributed by atoms with Crippen LogP contribution in [0.25, 0.3) is 0 Å². The van der Waals surface area contributed by atoms with Crippen LogP contribution in [0.4, 0.5) is 0 Å². The van der Waals surface area contributed by atoms with Crippen molar-refractivity contribution in [2.45, 2.75) is 57.5 Å². The van der Waals surface area contributed by atoms with Crippen molar-refractivity contribution in [3.8, 4) is 0 Å². The Kier molecular flexibility index (Phi) is 4.44. The molecule has 0 radical (unpaired) electrons. The van der Waals surface area contributed by atoms with E-state index in [1.807, 2.05) is 0 Å². The lowest BCUT2D eigenvalue weighted by Crippen LogP contribution is -2.43. The maximum atomic E-state index is 12.0. The highest BCUT2D eigenvalue weighted by Crippen LogP contribution is 2.24. The first-order chi connectivity index (χ1) is 8.05. The standard InChI is InChI=1S/C12H24N2O2S/c1-10-4-2-5-11(8-10)14-17(15,16)9-12-6-3-7-13-12/h10-14H,2-9H2,1H3. The zero-order chi connectivity index (χ0) is 12.3. The van der Waals surface area contributed by atoms with E-state index in [9.17, 15) is 8.42 Å². The van der Waals surface area contributed by atoms with Crippen LogP contribution in [0.1, 0.15) is 45.4 Å². The predicted molar refractivity (Wildman–Crippen MR) is 69.4 cm³/mol. The molecule has 1 aliphatic heterocycles. The molecule has 3 unspecified atom stereocenters. The fourth-order valence-corrected chi connectivity index (χ4v) is 4.64. The van der Waals surface area contributed by atoms with Crippen LogP contribution in [0.15, 0.2) is 0 Å². The molecule has 4 nitrogen and oxygen atoms in total. The van der Waals surface area contributed by atoms with E-state index in [1.165, 1.54) is 6.42 Å². The fourth-order valence-electron chi connectivity index (χ4n) is 3.01. The molecule has 1 saturated carbocycles. The smallest absolute Gasteiger partial charge is 0.213 e. The van der Waals surface area contributed by atoms with Crippen molar-refractivity contribution < 1.29 is 8.42 Å².